The van der Waals surface area contributed by atoms with Crippen molar-refractivity contribution in [1.82, 2.24) is 9.88 Å². The average molecular weight is 176 g/mol. The van der Waals surface area contributed by atoms with Gasteiger partial charge in [-0.15, -0.1) is 0 Å². The Morgan fingerprint density at radius 1 is 1.62 bits per heavy atom. The summed E-state index contributed by atoms with van der Waals surface area (Å²) < 4.78 is 0. The van der Waals surface area contributed by atoms with E-state index in [1.807, 2.05) is 17.0 Å². The molecule has 1 aromatic rings. The van der Waals surface area contributed by atoms with E-state index in [0.29, 0.717) is 6.54 Å². The molecular weight excluding hydrogens is 164 g/mol. The van der Waals surface area contributed by atoms with Gasteiger partial charge in [0.25, 0.3) is 5.91 Å². The van der Waals surface area contributed by atoms with Gasteiger partial charge in [0.2, 0.25) is 0 Å². The molecule has 0 saturated heterocycles. The molecule has 0 bridgehead atoms. The van der Waals surface area contributed by atoms with Crippen molar-refractivity contribution in [3.63, 3.8) is 0 Å². The summed E-state index contributed by atoms with van der Waals surface area (Å²) in [5.41, 5.74) is 1.69. The number of hydrogen-bond acceptors (Lipinski definition) is 2. The van der Waals surface area contributed by atoms with Crippen LogP contribution in [0, 0.1) is 0 Å². The summed E-state index contributed by atoms with van der Waals surface area (Å²) in [6.07, 6.45) is 2.74. The molecule has 1 aliphatic rings. The second-order valence-electron chi connectivity index (χ2n) is 3.22. The van der Waals surface area contributed by atoms with Crippen LogP contribution in [-0.4, -0.2) is 22.3 Å². The Morgan fingerprint density at radius 3 is 3.15 bits per heavy atom. The second-order valence-corrected chi connectivity index (χ2v) is 3.22. The first kappa shape index (κ1) is 8.23. The monoisotopic (exact) mass is 176 g/mol. The van der Waals surface area contributed by atoms with Gasteiger partial charge in [0.05, 0.1) is 17.8 Å². The third-order valence-corrected chi connectivity index (χ3v) is 2.24. The number of hydrogen-bond donors (Lipinski definition) is 0. The zero-order valence-corrected chi connectivity index (χ0v) is 7.66. The molecule has 0 spiro atoms. The number of carbonyl (C=O) groups excluding carboxylic acids is 1. The maximum atomic E-state index is 11.7. The van der Waals surface area contributed by atoms with Crippen LogP contribution in [0.25, 0.3) is 0 Å². The van der Waals surface area contributed by atoms with Crippen LogP contribution in [0.5, 0.6) is 0 Å². The Kier molecular flexibility index (Phi) is 2.00. The first-order valence-electron chi connectivity index (χ1n) is 4.56. The number of carbonyl (C=O) groups is 1. The van der Waals surface area contributed by atoms with Gasteiger partial charge in [-0.1, -0.05) is 6.92 Å². The third-order valence-electron chi connectivity index (χ3n) is 2.24. The summed E-state index contributed by atoms with van der Waals surface area (Å²) >= 11 is 0. The Morgan fingerprint density at radius 2 is 2.46 bits per heavy atom. The van der Waals surface area contributed by atoms with Crippen LogP contribution in [0.4, 0.5) is 0 Å². The van der Waals surface area contributed by atoms with E-state index in [4.69, 9.17) is 0 Å². The minimum atomic E-state index is 0.130. The van der Waals surface area contributed by atoms with Crippen molar-refractivity contribution in [3.05, 3.63) is 29.6 Å². The predicted octanol–water partition coefficient (Wildman–Crippen LogP) is 1.45. The molecule has 0 fully saturated rings. The van der Waals surface area contributed by atoms with Gasteiger partial charge in [0.15, 0.2) is 0 Å². The molecule has 0 radical (unpaired) electrons. The molecule has 13 heavy (non-hydrogen) atoms. The maximum Gasteiger partial charge on any atom is 0.256 e. The quantitative estimate of drug-likeness (QED) is 0.683. The van der Waals surface area contributed by atoms with Crippen LogP contribution in [0.2, 0.25) is 0 Å². The number of amides is 1. The van der Waals surface area contributed by atoms with Crippen LogP contribution in [0.1, 0.15) is 29.4 Å². The van der Waals surface area contributed by atoms with Crippen LogP contribution < -0.4 is 0 Å². The predicted molar refractivity (Wildman–Crippen MR) is 49.3 cm³/mol. The van der Waals surface area contributed by atoms with E-state index in [1.54, 1.807) is 6.20 Å². The molecule has 0 unspecified atom stereocenters. The molecule has 0 saturated carbocycles. The smallest absolute Gasteiger partial charge is 0.256 e. The van der Waals surface area contributed by atoms with Crippen LogP contribution in [-0.2, 0) is 6.54 Å². The first-order chi connectivity index (χ1) is 6.33. The molecule has 2 rings (SSSR count). The normalized spacial score (nSPS) is 14.8. The highest BCUT2D eigenvalue weighted by atomic mass is 16.2. The number of rotatable bonds is 2. The van der Waals surface area contributed by atoms with Crippen LogP contribution >= 0.6 is 0 Å². The van der Waals surface area contributed by atoms with E-state index in [0.717, 1.165) is 24.2 Å². The number of fused-ring (bicyclic) bond motifs is 1. The molecule has 1 aromatic heterocycles. The standard InChI is InChI=1S/C10H12N2O/c1-2-6-12-7-9-8(10(12)13)4-3-5-11-9/h3-5H,2,6-7H2,1H3. The van der Waals surface area contributed by atoms with Crippen molar-refractivity contribution in [1.29, 1.82) is 0 Å². The van der Waals surface area contributed by atoms with E-state index < -0.39 is 0 Å². The van der Waals surface area contributed by atoms with Gasteiger partial charge in [-0.3, -0.25) is 9.78 Å². The molecule has 0 N–H and O–H groups in total. The average Bonchev–Trinajstić information content (AvgIpc) is 2.46. The van der Waals surface area contributed by atoms with Gasteiger partial charge in [-0.05, 0) is 18.6 Å². The van der Waals surface area contributed by atoms with Gasteiger partial charge in [0.1, 0.15) is 0 Å². The van der Waals surface area contributed by atoms with Crippen molar-refractivity contribution in [2.45, 2.75) is 19.9 Å². The fraction of sp³-hybridized carbons (Fsp3) is 0.400. The zero-order valence-electron chi connectivity index (χ0n) is 7.66. The first-order valence-corrected chi connectivity index (χ1v) is 4.56. The second kappa shape index (κ2) is 3.17. The van der Waals surface area contributed by atoms with E-state index in [9.17, 15) is 4.79 Å². The van der Waals surface area contributed by atoms with Crippen molar-refractivity contribution in [2.75, 3.05) is 6.54 Å². The van der Waals surface area contributed by atoms with Crippen LogP contribution in [0.3, 0.4) is 0 Å². The Labute approximate surface area is 77.4 Å². The summed E-state index contributed by atoms with van der Waals surface area (Å²) in [6.45, 7) is 3.59. The zero-order chi connectivity index (χ0) is 9.26. The SMILES string of the molecule is CCCN1Cc2ncccc2C1=O. The topological polar surface area (TPSA) is 33.2 Å². The lowest BCUT2D eigenvalue weighted by Crippen LogP contribution is -2.24. The molecule has 3 heteroatoms. The lowest BCUT2D eigenvalue weighted by atomic mass is 10.2. The summed E-state index contributed by atoms with van der Waals surface area (Å²) in [7, 11) is 0. The highest BCUT2D eigenvalue weighted by Gasteiger charge is 2.26. The molecule has 3 nitrogen and oxygen atoms in total. The van der Waals surface area contributed by atoms with Gasteiger partial charge in [-0.2, -0.15) is 0 Å². The lowest BCUT2D eigenvalue weighted by molar-refractivity contribution is 0.0778. The summed E-state index contributed by atoms with van der Waals surface area (Å²) in [5, 5.41) is 0. The van der Waals surface area contributed by atoms with Gasteiger partial charge >= 0.3 is 0 Å². The molecule has 68 valence electrons. The Balaban J connectivity index is 2.28. The Hall–Kier alpha value is -1.38. The highest BCUT2D eigenvalue weighted by Crippen LogP contribution is 2.19. The van der Waals surface area contributed by atoms with E-state index in [-0.39, 0.29) is 5.91 Å². The molecule has 0 atom stereocenters. The number of pyridine rings is 1. The lowest BCUT2D eigenvalue weighted by Gasteiger charge is -2.12. The van der Waals surface area contributed by atoms with Crippen molar-refractivity contribution in [2.24, 2.45) is 0 Å². The molecule has 0 aromatic carbocycles. The van der Waals surface area contributed by atoms with Crippen LogP contribution in [0.15, 0.2) is 18.3 Å². The summed E-state index contributed by atoms with van der Waals surface area (Å²) in [5.74, 6) is 0.130. The van der Waals surface area contributed by atoms with Crippen molar-refractivity contribution >= 4 is 5.91 Å². The number of nitrogens with zero attached hydrogens (tertiary/aromatic N) is 2. The van der Waals surface area contributed by atoms with E-state index in [2.05, 4.69) is 11.9 Å². The molecule has 1 amide bonds. The molecule has 1 aliphatic heterocycles. The fourth-order valence-corrected chi connectivity index (χ4v) is 1.63. The molecule has 0 aliphatic carbocycles. The minimum absolute atomic E-state index is 0.130. The molecule has 2 heterocycles. The largest absolute Gasteiger partial charge is 0.333 e. The maximum absolute atomic E-state index is 11.7. The highest BCUT2D eigenvalue weighted by molar-refractivity contribution is 5.97. The summed E-state index contributed by atoms with van der Waals surface area (Å²) in [6, 6.07) is 3.66. The van der Waals surface area contributed by atoms with Crippen molar-refractivity contribution in [3.8, 4) is 0 Å². The van der Waals surface area contributed by atoms with Gasteiger partial charge in [0, 0.05) is 12.7 Å². The minimum Gasteiger partial charge on any atom is -0.333 e. The third kappa shape index (κ3) is 1.30. The summed E-state index contributed by atoms with van der Waals surface area (Å²) in [4.78, 5) is 17.7. The molecular formula is C10H12N2O. The van der Waals surface area contributed by atoms with E-state index in [1.165, 1.54) is 0 Å². The fourth-order valence-electron chi connectivity index (χ4n) is 1.63. The van der Waals surface area contributed by atoms with Gasteiger partial charge < -0.3 is 4.90 Å². The van der Waals surface area contributed by atoms with E-state index >= 15 is 0 Å². The van der Waals surface area contributed by atoms with Gasteiger partial charge in [-0.25, -0.2) is 0 Å². The Bertz CT molecular complexity index is 335. The van der Waals surface area contributed by atoms with Crippen molar-refractivity contribution < 1.29 is 4.79 Å². The number of aromatic nitrogens is 1.